The standard InChI is InChI=1S/C20H23NO4/c1-5-13(2)21-20(23)15-8-6-14(7-9-15)19(22)17-12-16(24-3)10-11-18(17)25-4/h6-13H,5H2,1-4H3,(H,21,23)/t13-/m0/s1. The van der Waals surface area contributed by atoms with Gasteiger partial charge in [-0.05, 0) is 43.7 Å². The van der Waals surface area contributed by atoms with Gasteiger partial charge in [0.15, 0.2) is 5.78 Å². The summed E-state index contributed by atoms with van der Waals surface area (Å²) in [6, 6.07) is 11.8. The first-order chi connectivity index (χ1) is 12.0. The average molecular weight is 341 g/mol. The zero-order chi connectivity index (χ0) is 18.4. The Bertz CT molecular complexity index is 753. The van der Waals surface area contributed by atoms with E-state index in [4.69, 9.17) is 9.47 Å². The molecule has 0 aliphatic carbocycles. The van der Waals surface area contributed by atoms with Crippen LogP contribution in [-0.2, 0) is 0 Å². The first-order valence-electron chi connectivity index (χ1n) is 8.17. The minimum Gasteiger partial charge on any atom is -0.497 e. The predicted molar refractivity (Wildman–Crippen MR) is 96.6 cm³/mol. The van der Waals surface area contributed by atoms with E-state index in [0.29, 0.717) is 28.2 Å². The van der Waals surface area contributed by atoms with Crippen LogP contribution in [0.15, 0.2) is 42.5 Å². The van der Waals surface area contributed by atoms with Crippen molar-refractivity contribution < 1.29 is 19.1 Å². The third kappa shape index (κ3) is 4.38. The summed E-state index contributed by atoms with van der Waals surface area (Å²) in [4.78, 5) is 24.9. The number of hydrogen-bond acceptors (Lipinski definition) is 4. The maximum atomic E-state index is 12.8. The van der Waals surface area contributed by atoms with Gasteiger partial charge in [0, 0.05) is 17.2 Å². The lowest BCUT2D eigenvalue weighted by atomic mass is 10.0. The fourth-order valence-electron chi connectivity index (χ4n) is 2.33. The molecule has 132 valence electrons. The molecule has 2 aromatic rings. The van der Waals surface area contributed by atoms with Crippen molar-refractivity contribution in [1.29, 1.82) is 0 Å². The molecule has 0 aliphatic heterocycles. The molecule has 5 heteroatoms. The number of nitrogens with one attached hydrogen (secondary N) is 1. The summed E-state index contributed by atoms with van der Waals surface area (Å²) in [5, 5.41) is 2.90. The quantitative estimate of drug-likeness (QED) is 0.783. The smallest absolute Gasteiger partial charge is 0.251 e. The molecule has 0 saturated carbocycles. The van der Waals surface area contributed by atoms with Gasteiger partial charge in [-0.25, -0.2) is 0 Å². The minimum absolute atomic E-state index is 0.106. The van der Waals surface area contributed by atoms with Crippen LogP contribution in [0.3, 0.4) is 0 Å². The van der Waals surface area contributed by atoms with Gasteiger partial charge in [0.25, 0.3) is 5.91 Å². The third-order valence-electron chi connectivity index (χ3n) is 4.05. The molecule has 0 bridgehead atoms. The van der Waals surface area contributed by atoms with Crippen LogP contribution in [0.25, 0.3) is 0 Å². The van der Waals surface area contributed by atoms with E-state index < -0.39 is 0 Å². The first kappa shape index (κ1) is 18.5. The molecular weight excluding hydrogens is 318 g/mol. The van der Waals surface area contributed by atoms with E-state index in [1.165, 1.54) is 7.11 Å². The van der Waals surface area contributed by atoms with Crippen LogP contribution in [0.5, 0.6) is 11.5 Å². The van der Waals surface area contributed by atoms with E-state index in [0.717, 1.165) is 6.42 Å². The molecule has 0 fully saturated rings. The second-order valence-electron chi connectivity index (χ2n) is 5.76. The highest BCUT2D eigenvalue weighted by Gasteiger charge is 2.16. The third-order valence-corrected chi connectivity index (χ3v) is 4.05. The van der Waals surface area contributed by atoms with Crippen molar-refractivity contribution in [2.24, 2.45) is 0 Å². The summed E-state index contributed by atoms with van der Waals surface area (Å²) in [5.41, 5.74) is 1.42. The lowest BCUT2D eigenvalue weighted by Crippen LogP contribution is -2.31. The Labute approximate surface area is 148 Å². The van der Waals surface area contributed by atoms with Gasteiger partial charge in [-0.2, -0.15) is 0 Å². The van der Waals surface area contributed by atoms with Crippen molar-refractivity contribution in [2.75, 3.05) is 14.2 Å². The lowest BCUT2D eigenvalue weighted by Gasteiger charge is -2.12. The van der Waals surface area contributed by atoms with E-state index >= 15 is 0 Å². The molecule has 1 amide bonds. The highest BCUT2D eigenvalue weighted by atomic mass is 16.5. The van der Waals surface area contributed by atoms with Crippen LogP contribution in [0.2, 0.25) is 0 Å². The van der Waals surface area contributed by atoms with Crippen molar-refractivity contribution in [2.45, 2.75) is 26.3 Å². The number of carbonyl (C=O) groups is 2. The topological polar surface area (TPSA) is 64.6 Å². The highest BCUT2D eigenvalue weighted by molar-refractivity contribution is 6.11. The number of amides is 1. The molecule has 0 unspecified atom stereocenters. The Morgan fingerprint density at radius 1 is 1.00 bits per heavy atom. The number of benzene rings is 2. The molecule has 0 spiro atoms. The second kappa shape index (κ2) is 8.33. The summed E-state index contributed by atoms with van der Waals surface area (Å²) in [5.74, 6) is 0.718. The summed E-state index contributed by atoms with van der Waals surface area (Å²) < 4.78 is 10.4. The fraction of sp³-hybridized carbons (Fsp3) is 0.300. The van der Waals surface area contributed by atoms with Crippen molar-refractivity contribution >= 4 is 11.7 Å². The van der Waals surface area contributed by atoms with Gasteiger partial charge < -0.3 is 14.8 Å². The number of methoxy groups -OCH3 is 2. The summed E-state index contributed by atoms with van der Waals surface area (Å²) in [6.07, 6.45) is 0.859. The molecule has 0 radical (unpaired) electrons. The van der Waals surface area contributed by atoms with E-state index in [9.17, 15) is 9.59 Å². The van der Waals surface area contributed by atoms with Crippen molar-refractivity contribution in [3.05, 3.63) is 59.2 Å². The molecule has 2 rings (SSSR count). The van der Waals surface area contributed by atoms with E-state index in [2.05, 4.69) is 5.32 Å². The van der Waals surface area contributed by atoms with Gasteiger partial charge in [-0.3, -0.25) is 9.59 Å². The molecule has 5 nitrogen and oxygen atoms in total. The molecule has 25 heavy (non-hydrogen) atoms. The molecule has 0 aromatic heterocycles. The lowest BCUT2D eigenvalue weighted by molar-refractivity contribution is 0.0938. The molecule has 0 saturated heterocycles. The minimum atomic E-state index is -0.190. The Morgan fingerprint density at radius 2 is 1.64 bits per heavy atom. The highest BCUT2D eigenvalue weighted by Crippen LogP contribution is 2.26. The van der Waals surface area contributed by atoms with Gasteiger partial charge >= 0.3 is 0 Å². The SMILES string of the molecule is CC[C@H](C)NC(=O)c1ccc(C(=O)c2cc(OC)ccc2OC)cc1. The largest absolute Gasteiger partial charge is 0.497 e. The Hall–Kier alpha value is -2.82. The summed E-state index contributed by atoms with van der Waals surface area (Å²) >= 11 is 0. The molecule has 0 heterocycles. The Kier molecular flexibility index (Phi) is 6.17. The van der Waals surface area contributed by atoms with E-state index in [-0.39, 0.29) is 17.7 Å². The van der Waals surface area contributed by atoms with Crippen molar-refractivity contribution in [3.8, 4) is 11.5 Å². The summed E-state index contributed by atoms with van der Waals surface area (Å²) in [7, 11) is 3.06. The van der Waals surface area contributed by atoms with Gasteiger partial charge in [0.2, 0.25) is 0 Å². The number of hydrogen-bond donors (Lipinski definition) is 1. The zero-order valence-corrected chi connectivity index (χ0v) is 15.0. The van der Waals surface area contributed by atoms with Crippen LogP contribution in [0, 0.1) is 0 Å². The van der Waals surface area contributed by atoms with Crippen LogP contribution >= 0.6 is 0 Å². The molecule has 1 N–H and O–H groups in total. The van der Waals surface area contributed by atoms with Crippen molar-refractivity contribution in [1.82, 2.24) is 5.32 Å². The molecule has 1 atom stereocenters. The average Bonchev–Trinajstić information content (AvgIpc) is 2.66. The fourth-order valence-corrected chi connectivity index (χ4v) is 2.33. The van der Waals surface area contributed by atoms with Gasteiger partial charge in [0.05, 0.1) is 19.8 Å². The monoisotopic (exact) mass is 341 g/mol. The normalized spacial score (nSPS) is 11.5. The van der Waals surface area contributed by atoms with E-state index in [1.807, 2.05) is 13.8 Å². The van der Waals surface area contributed by atoms with Crippen LogP contribution in [-0.4, -0.2) is 32.0 Å². The first-order valence-corrected chi connectivity index (χ1v) is 8.17. The second-order valence-corrected chi connectivity index (χ2v) is 5.76. The number of ketones is 1. The van der Waals surface area contributed by atoms with Crippen LogP contribution in [0.4, 0.5) is 0 Å². The number of carbonyl (C=O) groups excluding carboxylic acids is 2. The van der Waals surface area contributed by atoms with Crippen LogP contribution in [0.1, 0.15) is 46.5 Å². The van der Waals surface area contributed by atoms with E-state index in [1.54, 1.807) is 49.6 Å². The van der Waals surface area contributed by atoms with Gasteiger partial charge in [0.1, 0.15) is 11.5 Å². The zero-order valence-electron chi connectivity index (χ0n) is 15.0. The predicted octanol–water partition coefficient (Wildman–Crippen LogP) is 3.46. The van der Waals surface area contributed by atoms with Crippen molar-refractivity contribution in [3.63, 3.8) is 0 Å². The molecule has 2 aromatic carbocycles. The Balaban J connectivity index is 2.25. The van der Waals surface area contributed by atoms with Gasteiger partial charge in [-0.1, -0.05) is 19.1 Å². The maximum absolute atomic E-state index is 12.8. The summed E-state index contributed by atoms with van der Waals surface area (Å²) in [6.45, 7) is 3.96. The van der Waals surface area contributed by atoms with Crippen LogP contribution < -0.4 is 14.8 Å². The van der Waals surface area contributed by atoms with Gasteiger partial charge in [-0.15, -0.1) is 0 Å². The number of rotatable bonds is 7. The number of ether oxygens (including phenoxy) is 2. The molecule has 0 aliphatic rings. The molecular formula is C20H23NO4. The maximum Gasteiger partial charge on any atom is 0.251 e. The Morgan fingerprint density at radius 3 is 2.20 bits per heavy atom.